The first-order valence-electron chi connectivity index (χ1n) is 4.82. The van der Waals surface area contributed by atoms with Crippen molar-refractivity contribution in [2.45, 2.75) is 19.0 Å². The third kappa shape index (κ3) is 2.46. The van der Waals surface area contributed by atoms with E-state index >= 15 is 0 Å². The van der Waals surface area contributed by atoms with E-state index in [-0.39, 0.29) is 30.2 Å². The molecule has 5 heteroatoms. The number of phenolic OH excluding ortho intramolecular Hbond substituents is 1. The van der Waals surface area contributed by atoms with E-state index in [1.165, 1.54) is 7.11 Å². The van der Waals surface area contributed by atoms with Crippen molar-refractivity contribution in [1.29, 1.82) is 0 Å². The fraction of sp³-hybridized carbons (Fsp3) is 0.364. The van der Waals surface area contributed by atoms with Gasteiger partial charge in [-0.1, -0.05) is 6.07 Å². The highest BCUT2D eigenvalue weighted by molar-refractivity contribution is 5.85. The summed E-state index contributed by atoms with van der Waals surface area (Å²) >= 11 is 0. The lowest BCUT2D eigenvalue weighted by atomic mass is 9.96. The molecule has 4 nitrogen and oxygen atoms in total. The maximum Gasteiger partial charge on any atom is 0.323 e. The van der Waals surface area contributed by atoms with Crippen LogP contribution in [0.2, 0.25) is 0 Å². The van der Waals surface area contributed by atoms with Crippen molar-refractivity contribution >= 4 is 18.4 Å². The minimum Gasteiger partial charge on any atom is -0.508 e. The molecule has 0 saturated heterocycles. The van der Waals surface area contributed by atoms with Crippen LogP contribution in [0.4, 0.5) is 0 Å². The zero-order valence-corrected chi connectivity index (χ0v) is 9.71. The Kier molecular flexibility index (Phi) is 4.15. The largest absolute Gasteiger partial charge is 0.508 e. The van der Waals surface area contributed by atoms with Crippen molar-refractivity contribution in [3.63, 3.8) is 0 Å². The van der Waals surface area contributed by atoms with Gasteiger partial charge in [0.25, 0.3) is 0 Å². The third-order valence-electron chi connectivity index (χ3n) is 2.64. The van der Waals surface area contributed by atoms with Gasteiger partial charge in [-0.15, -0.1) is 12.4 Å². The van der Waals surface area contributed by atoms with Crippen LogP contribution in [0.1, 0.15) is 11.1 Å². The molecule has 0 amide bonds. The van der Waals surface area contributed by atoms with E-state index in [0.717, 1.165) is 11.1 Å². The summed E-state index contributed by atoms with van der Waals surface area (Å²) in [6.07, 6.45) is 0.613. The predicted molar refractivity (Wildman–Crippen MR) is 61.7 cm³/mol. The van der Waals surface area contributed by atoms with Gasteiger partial charge in [0.15, 0.2) is 0 Å². The fourth-order valence-corrected chi connectivity index (χ4v) is 1.81. The summed E-state index contributed by atoms with van der Waals surface area (Å²) in [5.41, 5.74) is 2.12. The number of ether oxygens (including phenoxy) is 1. The van der Waals surface area contributed by atoms with E-state index in [9.17, 15) is 9.90 Å². The minimum absolute atomic E-state index is 0. The van der Waals surface area contributed by atoms with Crippen LogP contribution in [-0.2, 0) is 22.5 Å². The van der Waals surface area contributed by atoms with Crippen LogP contribution in [0.25, 0.3) is 0 Å². The molecule has 1 aromatic rings. The zero-order chi connectivity index (χ0) is 10.8. The molecule has 0 spiro atoms. The molecule has 0 aliphatic carbocycles. The second-order valence-electron chi connectivity index (χ2n) is 3.61. The molecular formula is C11H14ClNO3. The van der Waals surface area contributed by atoms with Gasteiger partial charge in [-0.2, -0.15) is 0 Å². The Labute approximate surface area is 100 Å². The molecule has 0 radical (unpaired) electrons. The number of esters is 1. The number of phenols is 1. The quantitative estimate of drug-likeness (QED) is 0.723. The number of hydrogen-bond acceptors (Lipinski definition) is 4. The minimum atomic E-state index is -0.271. The molecule has 88 valence electrons. The van der Waals surface area contributed by atoms with Gasteiger partial charge in [0.05, 0.1) is 7.11 Å². The van der Waals surface area contributed by atoms with Gasteiger partial charge in [-0.25, -0.2) is 0 Å². The van der Waals surface area contributed by atoms with Gasteiger partial charge in [0, 0.05) is 6.54 Å². The average molecular weight is 244 g/mol. The van der Waals surface area contributed by atoms with E-state index in [4.69, 9.17) is 0 Å². The smallest absolute Gasteiger partial charge is 0.323 e. The second-order valence-corrected chi connectivity index (χ2v) is 3.61. The average Bonchev–Trinajstić information content (AvgIpc) is 2.27. The number of nitrogens with one attached hydrogen (secondary N) is 1. The Hall–Kier alpha value is -1.26. The number of carbonyl (C=O) groups is 1. The Morgan fingerprint density at radius 2 is 2.25 bits per heavy atom. The van der Waals surface area contributed by atoms with Gasteiger partial charge in [-0.3, -0.25) is 4.79 Å². The molecule has 1 aliphatic heterocycles. The van der Waals surface area contributed by atoms with E-state index in [0.29, 0.717) is 13.0 Å². The number of benzene rings is 1. The lowest BCUT2D eigenvalue weighted by molar-refractivity contribution is -0.143. The lowest BCUT2D eigenvalue weighted by Crippen LogP contribution is -2.42. The van der Waals surface area contributed by atoms with Gasteiger partial charge in [-0.05, 0) is 29.7 Å². The first-order chi connectivity index (χ1) is 7.20. The lowest BCUT2D eigenvalue weighted by Gasteiger charge is -2.24. The molecule has 1 aliphatic rings. The topological polar surface area (TPSA) is 58.6 Å². The molecule has 0 saturated carbocycles. The summed E-state index contributed by atoms with van der Waals surface area (Å²) < 4.78 is 4.68. The van der Waals surface area contributed by atoms with Crippen molar-refractivity contribution in [2.24, 2.45) is 0 Å². The van der Waals surface area contributed by atoms with Crippen LogP contribution < -0.4 is 5.32 Å². The molecule has 0 bridgehead atoms. The highest BCUT2D eigenvalue weighted by Crippen LogP contribution is 2.21. The monoisotopic (exact) mass is 243 g/mol. The zero-order valence-electron chi connectivity index (χ0n) is 8.90. The van der Waals surface area contributed by atoms with Crippen LogP contribution in [0, 0.1) is 0 Å². The van der Waals surface area contributed by atoms with Crippen LogP contribution in [0.5, 0.6) is 5.75 Å². The number of hydrogen-bond donors (Lipinski definition) is 2. The fourth-order valence-electron chi connectivity index (χ4n) is 1.81. The Morgan fingerprint density at radius 3 is 2.94 bits per heavy atom. The van der Waals surface area contributed by atoms with Gasteiger partial charge in [0.2, 0.25) is 0 Å². The van der Waals surface area contributed by atoms with Crippen molar-refractivity contribution < 1.29 is 14.6 Å². The van der Waals surface area contributed by atoms with Crippen molar-refractivity contribution in [1.82, 2.24) is 5.32 Å². The third-order valence-corrected chi connectivity index (χ3v) is 2.64. The van der Waals surface area contributed by atoms with Crippen LogP contribution >= 0.6 is 12.4 Å². The number of fused-ring (bicyclic) bond motifs is 1. The SMILES string of the molecule is COC(=O)[C@@H]1Cc2ccc(O)cc2CN1.Cl. The summed E-state index contributed by atoms with van der Waals surface area (Å²) in [6, 6.07) is 4.93. The first kappa shape index (κ1) is 12.8. The molecular weight excluding hydrogens is 230 g/mol. The maximum absolute atomic E-state index is 11.3. The van der Waals surface area contributed by atoms with Gasteiger partial charge < -0.3 is 15.2 Å². The maximum atomic E-state index is 11.3. The molecule has 0 fully saturated rings. The van der Waals surface area contributed by atoms with E-state index in [1.807, 2.05) is 6.07 Å². The number of carbonyl (C=O) groups excluding carboxylic acids is 1. The molecule has 1 aromatic carbocycles. The summed E-state index contributed by atoms with van der Waals surface area (Å²) in [5.74, 6) is 0.0146. The molecule has 16 heavy (non-hydrogen) atoms. The molecule has 1 heterocycles. The summed E-state index contributed by atoms with van der Waals surface area (Å²) in [5, 5.41) is 12.4. The first-order valence-corrected chi connectivity index (χ1v) is 4.82. The van der Waals surface area contributed by atoms with Crippen molar-refractivity contribution in [3.8, 4) is 5.75 Å². The highest BCUT2D eigenvalue weighted by atomic mass is 35.5. The van der Waals surface area contributed by atoms with Crippen LogP contribution in [-0.4, -0.2) is 24.2 Å². The highest BCUT2D eigenvalue weighted by Gasteiger charge is 2.24. The number of methoxy groups -OCH3 is 1. The Morgan fingerprint density at radius 1 is 1.50 bits per heavy atom. The molecule has 0 aromatic heterocycles. The second kappa shape index (κ2) is 5.18. The number of halogens is 1. The standard InChI is InChI=1S/C11H13NO3.ClH/c1-15-11(14)10-5-7-2-3-9(13)4-8(7)6-12-10;/h2-4,10,12-13H,5-6H2,1H3;1H/t10-;/m0./s1. The van der Waals surface area contributed by atoms with E-state index < -0.39 is 0 Å². The normalized spacial score (nSPS) is 18.2. The summed E-state index contributed by atoms with van der Waals surface area (Å²) in [6.45, 7) is 0.587. The number of aromatic hydroxyl groups is 1. The summed E-state index contributed by atoms with van der Waals surface area (Å²) in [4.78, 5) is 11.3. The molecule has 1 atom stereocenters. The van der Waals surface area contributed by atoms with Crippen molar-refractivity contribution in [2.75, 3.05) is 7.11 Å². The van der Waals surface area contributed by atoms with Crippen LogP contribution in [0.15, 0.2) is 18.2 Å². The van der Waals surface area contributed by atoms with Gasteiger partial charge >= 0.3 is 5.97 Å². The molecule has 2 N–H and O–H groups in total. The van der Waals surface area contributed by atoms with Crippen molar-refractivity contribution in [3.05, 3.63) is 29.3 Å². The molecule has 0 unspecified atom stereocenters. The Balaban J connectivity index is 0.00000128. The van der Waals surface area contributed by atoms with Crippen LogP contribution in [0.3, 0.4) is 0 Å². The number of rotatable bonds is 1. The van der Waals surface area contributed by atoms with E-state index in [1.54, 1.807) is 12.1 Å². The van der Waals surface area contributed by atoms with Gasteiger partial charge in [0.1, 0.15) is 11.8 Å². The predicted octanol–water partition coefficient (Wildman–Crippen LogP) is 1.00. The molecule has 2 rings (SSSR count). The summed E-state index contributed by atoms with van der Waals surface area (Å²) in [7, 11) is 1.39. The Bertz CT molecular complexity index is 395. The van der Waals surface area contributed by atoms with E-state index in [2.05, 4.69) is 10.1 Å².